The number of aliphatic hydroxyl groups excluding tert-OH is 1. The Hall–Kier alpha value is -1.88. The smallest absolute Gasteiger partial charge is 0.0525 e. The summed E-state index contributed by atoms with van der Waals surface area (Å²) in [5.41, 5.74) is 3.41. The molecule has 0 aromatic carbocycles. The molecule has 0 bridgehead atoms. The molecule has 1 fully saturated rings. The normalized spacial score (nSPS) is 22.4. The zero-order chi connectivity index (χ0) is 14.1. The van der Waals surface area contributed by atoms with Crippen LogP contribution in [0, 0.1) is 12.8 Å². The first-order chi connectivity index (χ1) is 9.67. The maximum absolute atomic E-state index is 9.66. The first-order valence-corrected chi connectivity index (χ1v) is 6.94. The zero-order valence-corrected chi connectivity index (χ0v) is 11.9. The highest BCUT2D eigenvalue weighted by Crippen LogP contribution is 2.34. The second kappa shape index (κ2) is 5.25. The molecule has 0 saturated carbocycles. The van der Waals surface area contributed by atoms with Crippen molar-refractivity contribution in [3.05, 3.63) is 42.0 Å². The van der Waals surface area contributed by atoms with E-state index in [0.29, 0.717) is 5.92 Å². The Kier molecular flexibility index (Phi) is 3.44. The van der Waals surface area contributed by atoms with E-state index in [1.165, 1.54) is 11.3 Å². The van der Waals surface area contributed by atoms with Crippen LogP contribution in [-0.2, 0) is 7.05 Å². The second-order valence-corrected chi connectivity index (χ2v) is 5.56. The van der Waals surface area contributed by atoms with Crippen LogP contribution in [0.4, 0.5) is 5.69 Å². The van der Waals surface area contributed by atoms with Gasteiger partial charge in [0, 0.05) is 62.4 Å². The maximum Gasteiger partial charge on any atom is 0.0525 e. The Labute approximate surface area is 118 Å². The largest absolute Gasteiger partial charge is 0.396 e. The van der Waals surface area contributed by atoms with Gasteiger partial charge in [-0.2, -0.15) is 5.10 Å². The minimum atomic E-state index is 0.208. The summed E-state index contributed by atoms with van der Waals surface area (Å²) < 4.78 is 1.82. The number of aryl methyl sites for hydroxylation is 2. The number of aromatic nitrogens is 3. The van der Waals surface area contributed by atoms with E-state index in [1.54, 1.807) is 0 Å². The summed E-state index contributed by atoms with van der Waals surface area (Å²) in [5, 5.41) is 13.9. The van der Waals surface area contributed by atoms with Gasteiger partial charge >= 0.3 is 0 Å². The fourth-order valence-corrected chi connectivity index (χ4v) is 3.00. The number of aliphatic hydroxyl groups is 1. The fraction of sp³-hybridized carbons (Fsp3) is 0.467. The van der Waals surface area contributed by atoms with E-state index in [-0.39, 0.29) is 12.5 Å². The maximum atomic E-state index is 9.66. The summed E-state index contributed by atoms with van der Waals surface area (Å²) in [6.45, 7) is 4.00. The van der Waals surface area contributed by atoms with Crippen molar-refractivity contribution in [1.29, 1.82) is 0 Å². The summed E-state index contributed by atoms with van der Waals surface area (Å²) in [5.74, 6) is 0.592. The number of pyridine rings is 1. The molecule has 3 rings (SSSR count). The van der Waals surface area contributed by atoms with Gasteiger partial charge in [0.1, 0.15) is 0 Å². The average molecular weight is 272 g/mol. The summed E-state index contributed by atoms with van der Waals surface area (Å²) in [7, 11) is 1.93. The van der Waals surface area contributed by atoms with E-state index in [9.17, 15) is 5.11 Å². The molecule has 5 heteroatoms. The van der Waals surface area contributed by atoms with Gasteiger partial charge in [-0.25, -0.2) is 0 Å². The molecule has 20 heavy (non-hydrogen) atoms. The van der Waals surface area contributed by atoms with Crippen LogP contribution in [0.1, 0.15) is 17.2 Å². The monoisotopic (exact) mass is 272 g/mol. The number of nitrogens with zero attached hydrogens (tertiary/aromatic N) is 4. The van der Waals surface area contributed by atoms with E-state index in [1.807, 2.05) is 37.1 Å². The first kappa shape index (κ1) is 13.1. The summed E-state index contributed by atoms with van der Waals surface area (Å²) >= 11 is 0. The summed E-state index contributed by atoms with van der Waals surface area (Å²) in [6.07, 6.45) is 5.80. The average Bonchev–Trinajstić information content (AvgIpc) is 3.04. The lowest BCUT2D eigenvalue weighted by Crippen LogP contribution is -2.20. The third-order valence-corrected chi connectivity index (χ3v) is 4.07. The molecular weight excluding hydrogens is 252 g/mol. The molecule has 0 aliphatic carbocycles. The third kappa shape index (κ3) is 2.41. The predicted octanol–water partition coefficient (Wildman–Crippen LogP) is 1.34. The molecule has 0 unspecified atom stereocenters. The Balaban J connectivity index is 1.84. The van der Waals surface area contributed by atoms with E-state index >= 15 is 0 Å². The molecule has 1 saturated heterocycles. The Morgan fingerprint density at radius 3 is 2.90 bits per heavy atom. The van der Waals surface area contributed by atoms with Crippen molar-refractivity contribution in [2.45, 2.75) is 12.8 Å². The zero-order valence-electron chi connectivity index (χ0n) is 11.9. The van der Waals surface area contributed by atoms with Crippen LogP contribution in [-0.4, -0.2) is 39.6 Å². The third-order valence-electron chi connectivity index (χ3n) is 4.07. The molecular formula is C15H20N4O. The van der Waals surface area contributed by atoms with Crippen molar-refractivity contribution >= 4 is 5.69 Å². The van der Waals surface area contributed by atoms with E-state index < -0.39 is 0 Å². The van der Waals surface area contributed by atoms with Gasteiger partial charge < -0.3 is 10.0 Å². The van der Waals surface area contributed by atoms with Crippen molar-refractivity contribution in [2.75, 3.05) is 24.6 Å². The van der Waals surface area contributed by atoms with Crippen LogP contribution in [0.15, 0.2) is 30.7 Å². The molecule has 0 spiro atoms. The van der Waals surface area contributed by atoms with Gasteiger partial charge in [0.25, 0.3) is 0 Å². The minimum absolute atomic E-state index is 0.208. The summed E-state index contributed by atoms with van der Waals surface area (Å²) in [4.78, 5) is 6.57. The van der Waals surface area contributed by atoms with Crippen molar-refractivity contribution in [3.63, 3.8) is 0 Å². The van der Waals surface area contributed by atoms with Crippen LogP contribution in [0.25, 0.3) is 0 Å². The number of hydrogen-bond donors (Lipinski definition) is 1. The van der Waals surface area contributed by atoms with Crippen LogP contribution >= 0.6 is 0 Å². The minimum Gasteiger partial charge on any atom is -0.396 e. The van der Waals surface area contributed by atoms with E-state index in [0.717, 1.165) is 18.8 Å². The highest BCUT2D eigenvalue weighted by molar-refractivity contribution is 5.48. The van der Waals surface area contributed by atoms with Gasteiger partial charge in [-0.1, -0.05) is 0 Å². The lowest BCUT2D eigenvalue weighted by molar-refractivity contribution is 0.227. The van der Waals surface area contributed by atoms with E-state index in [2.05, 4.69) is 27.2 Å². The molecule has 106 valence electrons. The molecule has 1 N–H and O–H groups in total. The molecule has 3 heterocycles. The molecule has 0 amide bonds. The first-order valence-electron chi connectivity index (χ1n) is 6.94. The molecule has 0 radical (unpaired) electrons. The van der Waals surface area contributed by atoms with Gasteiger partial charge in [-0.05, 0) is 24.6 Å². The quantitative estimate of drug-likeness (QED) is 0.916. The predicted molar refractivity (Wildman–Crippen MR) is 77.7 cm³/mol. The lowest BCUT2D eigenvalue weighted by Gasteiger charge is -2.18. The van der Waals surface area contributed by atoms with Crippen LogP contribution < -0.4 is 4.90 Å². The van der Waals surface area contributed by atoms with Gasteiger partial charge in [0.05, 0.1) is 6.20 Å². The highest BCUT2D eigenvalue weighted by Gasteiger charge is 2.34. The molecule has 2 aromatic heterocycles. The molecule has 1 aliphatic rings. The van der Waals surface area contributed by atoms with Crippen molar-refractivity contribution in [1.82, 2.24) is 14.8 Å². The molecule has 2 aromatic rings. The Morgan fingerprint density at radius 2 is 2.25 bits per heavy atom. The molecule has 1 aliphatic heterocycles. The van der Waals surface area contributed by atoms with Crippen LogP contribution in [0.2, 0.25) is 0 Å². The van der Waals surface area contributed by atoms with Crippen molar-refractivity contribution in [2.24, 2.45) is 13.0 Å². The number of rotatable bonds is 3. The second-order valence-electron chi connectivity index (χ2n) is 5.56. The van der Waals surface area contributed by atoms with Gasteiger partial charge in [0.15, 0.2) is 0 Å². The molecule has 2 atom stereocenters. The summed E-state index contributed by atoms with van der Waals surface area (Å²) in [6, 6.07) is 4.13. The van der Waals surface area contributed by atoms with Gasteiger partial charge in [0.2, 0.25) is 0 Å². The van der Waals surface area contributed by atoms with Gasteiger partial charge in [-0.15, -0.1) is 0 Å². The number of anilines is 1. The lowest BCUT2D eigenvalue weighted by atomic mass is 9.92. The topological polar surface area (TPSA) is 54.2 Å². The highest BCUT2D eigenvalue weighted by atomic mass is 16.3. The van der Waals surface area contributed by atoms with Crippen LogP contribution in [0.3, 0.4) is 0 Å². The Bertz CT molecular complexity index is 595. The Morgan fingerprint density at radius 1 is 1.40 bits per heavy atom. The fourth-order valence-electron chi connectivity index (χ4n) is 3.00. The van der Waals surface area contributed by atoms with Crippen molar-refractivity contribution < 1.29 is 5.11 Å². The van der Waals surface area contributed by atoms with E-state index in [4.69, 9.17) is 0 Å². The van der Waals surface area contributed by atoms with Crippen molar-refractivity contribution in [3.8, 4) is 0 Å². The standard InChI is InChI=1S/C15H20N4O/c1-11-5-14(3-4-16-11)19-8-13(10-20)15(9-19)12-6-17-18(2)7-12/h3-7,13,15,20H,8-10H2,1-2H3/t13-,15-/m0/s1. The van der Waals surface area contributed by atoms with Crippen LogP contribution in [0.5, 0.6) is 0 Å². The number of hydrogen-bond acceptors (Lipinski definition) is 4. The SMILES string of the molecule is Cc1cc(N2C[C@@H](CO)[C@H](c3cnn(C)c3)C2)ccn1. The molecule has 5 nitrogen and oxygen atoms in total. The van der Waals surface area contributed by atoms with Gasteiger partial charge in [-0.3, -0.25) is 9.67 Å².